The summed E-state index contributed by atoms with van der Waals surface area (Å²) >= 11 is 5.91. The van der Waals surface area contributed by atoms with Crippen LogP contribution < -0.4 is 10.0 Å². The number of para-hydroxylation sites is 1. The molecule has 0 radical (unpaired) electrons. The number of anilines is 2. The molecule has 112 valence electrons. The highest BCUT2D eigenvalue weighted by Crippen LogP contribution is 2.26. The summed E-state index contributed by atoms with van der Waals surface area (Å²) in [5.74, 6) is -0.290. The average molecular weight is 330 g/mol. The third-order valence-corrected chi connectivity index (χ3v) is 4.43. The van der Waals surface area contributed by atoms with E-state index in [1.165, 1.54) is 18.2 Å². The lowest BCUT2D eigenvalue weighted by molar-refractivity contribution is 0.598. The van der Waals surface area contributed by atoms with Gasteiger partial charge in [-0.3, -0.25) is 4.72 Å². The zero-order valence-electron chi connectivity index (χ0n) is 11.3. The van der Waals surface area contributed by atoms with Gasteiger partial charge in [0.2, 0.25) is 0 Å². The van der Waals surface area contributed by atoms with E-state index in [0.29, 0.717) is 11.4 Å². The highest BCUT2D eigenvalue weighted by atomic mass is 35.5. The summed E-state index contributed by atoms with van der Waals surface area (Å²) in [4.78, 5) is 3.75. The van der Waals surface area contributed by atoms with Crippen LogP contribution in [0.4, 0.5) is 15.9 Å². The van der Waals surface area contributed by atoms with Gasteiger partial charge in [-0.15, -0.1) is 0 Å². The first-order valence-corrected chi connectivity index (χ1v) is 7.82. The van der Waals surface area contributed by atoms with Crippen LogP contribution in [0.2, 0.25) is 5.02 Å². The van der Waals surface area contributed by atoms with Gasteiger partial charge in [0, 0.05) is 13.2 Å². The van der Waals surface area contributed by atoms with Crippen molar-refractivity contribution >= 4 is 33.1 Å². The molecule has 2 rings (SSSR count). The minimum absolute atomic E-state index is 0.0914. The molecule has 0 fully saturated rings. The van der Waals surface area contributed by atoms with Crippen LogP contribution in [0.3, 0.4) is 0 Å². The van der Waals surface area contributed by atoms with Crippen molar-refractivity contribution in [2.24, 2.45) is 0 Å². The molecular formula is C13H13ClFN3O2S. The Labute approximate surface area is 127 Å². The fourth-order valence-corrected chi connectivity index (χ4v) is 3.14. The van der Waals surface area contributed by atoms with E-state index in [1.54, 1.807) is 20.0 Å². The Hall–Kier alpha value is -1.86. The van der Waals surface area contributed by atoms with Gasteiger partial charge in [-0.2, -0.15) is 0 Å². The monoisotopic (exact) mass is 329 g/mol. The number of aromatic nitrogens is 1. The fourth-order valence-electron chi connectivity index (χ4n) is 1.71. The van der Waals surface area contributed by atoms with Crippen LogP contribution in [-0.4, -0.2) is 20.4 Å². The predicted octanol–water partition coefficient (Wildman–Crippen LogP) is 3.03. The molecule has 21 heavy (non-hydrogen) atoms. The molecule has 0 unspecified atom stereocenters. The maximum absolute atomic E-state index is 13.7. The van der Waals surface area contributed by atoms with Gasteiger partial charge in [-0.1, -0.05) is 23.7 Å². The van der Waals surface area contributed by atoms with Crippen LogP contribution in [0.5, 0.6) is 0 Å². The molecule has 0 aliphatic heterocycles. The Bertz CT molecular complexity index is 761. The smallest absolute Gasteiger partial charge is 0.263 e. The second-order valence-electron chi connectivity index (χ2n) is 4.29. The molecular weight excluding hydrogens is 317 g/mol. The maximum Gasteiger partial charge on any atom is 0.263 e. The number of nitrogens with zero attached hydrogens (tertiary/aromatic N) is 1. The lowest BCUT2D eigenvalue weighted by Gasteiger charge is -2.12. The molecule has 0 spiro atoms. The molecule has 0 aliphatic rings. The van der Waals surface area contributed by atoms with Gasteiger partial charge >= 0.3 is 0 Å². The Morgan fingerprint density at radius 1 is 1.33 bits per heavy atom. The normalized spacial score (nSPS) is 11.2. The molecule has 8 heteroatoms. The van der Waals surface area contributed by atoms with Crippen molar-refractivity contribution in [1.29, 1.82) is 0 Å². The number of hydrogen-bond donors (Lipinski definition) is 2. The van der Waals surface area contributed by atoms with E-state index in [4.69, 9.17) is 11.6 Å². The van der Waals surface area contributed by atoms with Crippen LogP contribution in [0, 0.1) is 12.7 Å². The molecule has 0 aliphatic carbocycles. The maximum atomic E-state index is 13.7. The molecule has 0 saturated carbocycles. The second kappa shape index (κ2) is 5.87. The van der Waals surface area contributed by atoms with Crippen molar-refractivity contribution in [3.8, 4) is 0 Å². The molecule has 0 amide bonds. The highest BCUT2D eigenvalue weighted by molar-refractivity contribution is 7.92. The summed E-state index contributed by atoms with van der Waals surface area (Å²) in [6.45, 7) is 1.61. The van der Waals surface area contributed by atoms with Crippen LogP contribution in [0.1, 0.15) is 5.56 Å². The van der Waals surface area contributed by atoms with E-state index in [9.17, 15) is 12.8 Å². The van der Waals surface area contributed by atoms with Gasteiger partial charge in [-0.05, 0) is 24.6 Å². The number of pyridine rings is 1. The first-order chi connectivity index (χ1) is 9.85. The number of rotatable bonds is 4. The van der Waals surface area contributed by atoms with Crippen molar-refractivity contribution in [2.75, 3.05) is 17.1 Å². The van der Waals surface area contributed by atoms with Gasteiger partial charge in [-0.25, -0.2) is 17.8 Å². The molecule has 1 heterocycles. The number of halogens is 2. The number of sulfonamides is 1. The minimum atomic E-state index is -3.97. The molecule has 1 aromatic carbocycles. The van der Waals surface area contributed by atoms with E-state index in [2.05, 4.69) is 15.0 Å². The van der Waals surface area contributed by atoms with Crippen molar-refractivity contribution in [1.82, 2.24) is 4.98 Å². The van der Waals surface area contributed by atoms with Gasteiger partial charge in [0.15, 0.2) is 0 Å². The first kappa shape index (κ1) is 15.5. The van der Waals surface area contributed by atoms with E-state index >= 15 is 0 Å². The summed E-state index contributed by atoms with van der Waals surface area (Å²) in [5, 5.41) is 2.88. The SMILES string of the molecule is CNc1ncc(S(=O)(=O)Nc2c(C)cccc2F)cc1Cl. The summed E-state index contributed by atoms with van der Waals surface area (Å²) in [7, 11) is -2.36. The number of nitrogens with one attached hydrogen (secondary N) is 2. The quantitative estimate of drug-likeness (QED) is 0.904. The Morgan fingerprint density at radius 2 is 2.05 bits per heavy atom. The van der Waals surface area contributed by atoms with E-state index in [-0.39, 0.29) is 15.6 Å². The predicted molar refractivity (Wildman–Crippen MR) is 80.7 cm³/mol. The standard InChI is InChI=1S/C13H13ClFN3O2S/c1-8-4-3-5-11(15)12(8)18-21(19,20)9-6-10(14)13(16-2)17-7-9/h3-7,18H,1-2H3,(H,16,17). The topological polar surface area (TPSA) is 71.1 Å². The third-order valence-electron chi connectivity index (χ3n) is 2.82. The van der Waals surface area contributed by atoms with Crippen molar-refractivity contribution < 1.29 is 12.8 Å². The van der Waals surface area contributed by atoms with Crippen molar-refractivity contribution in [2.45, 2.75) is 11.8 Å². The average Bonchev–Trinajstić information content (AvgIpc) is 2.43. The highest BCUT2D eigenvalue weighted by Gasteiger charge is 2.19. The van der Waals surface area contributed by atoms with E-state index in [0.717, 1.165) is 6.20 Å². The lowest BCUT2D eigenvalue weighted by Crippen LogP contribution is -2.15. The number of hydrogen-bond acceptors (Lipinski definition) is 4. The van der Waals surface area contributed by atoms with Crippen LogP contribution in [0.15, 0.2) is 35.4 Å². The molecule has 5 nitrogen and oxygen atoms in total. The molecule has 2 N–H and O–H groups in total. The lowest BCUT2D eigenvalue weighted by atomic mass is 10.2. The summed E-state index contributed by atoms with van der Waals surface area (Å²) < 4.78 is 40.5. The molecule has 0 bridgehead atoms. The summed E-state index contributed by atoms with van der Waals surface area (Å²) in [5.41, 5.74) is 0.385. The molecule has 0 atom stereocenters. The zero-order chi connectivity index (χ0) is 15.6. The van der Waals surface area contributed by atoms with Gasteiger partial charge < -0.3 is 5.32 Å². The Morgan fingerprint density at radius 3 is 2.62 bits per heavy atom. The van der Waals surface area contributed by atoms with Gasteiger partial charge in [0.25, 0.3) is 10.0 Å². The van der Waals surface area contributed by atoms with Gasteiger partial charge in [0.05, 0.1) is 10.7 Å². The van der Waals surface area contributed by atoms with Crippen molar-refractivity contribution in [3.63, 3.8) is 0 Å². The largest absolute Gasteiger partial charge is 0.372 e. The number of benzene rings is 1. The third kappa shape index (κ3) is 3.25. The fraction of sp³-hybridized carbons (Fsp3) is 0.154. The summed E-state index contributed by atoms with van der Waals surface area (Å²) in [6.07, 6.45) is 1.15. The Balaban J connectivity index is 2.41. The van der Waals surface area contributed by atoms with Crippen molar-refractivity contribution in [3.05, 3.63) is 46.9 Å². The van der Waals surface area contributed by atoms with E-state index < -0.39 is 15.8 Å². The summed E-state index contributed by atoms with van der Waals surface area (Å²) in [6, 6.07) is 5.54. The number of aryl methyl sites for hydroxylation is 1. The molecule has 1 aromatic heterocycles. The van der Waals surface area contributed by atoms with Crippen LogP contribution in [0.25, 0.3) is 0 Å². The van der Waals surface area contributed by atoms with Gasteiger partial charge in [0.1, 0.15) is 16.5 Å². The molecule has 2 aromatic rings. The second-order valence-corrected chi connectivity index (χ2v) is 6.38. The van der Waals surface area contributed by atoms with Crippen LogP contribution >= 0.6 is 11.6 Å². The first-order valence-electron chi connectivity index (χ1n) is 5.96. The van der Waals surface area contributed by atoms with Crippen LogP contribution in [-0.2, 0) is 10.0 Å². The zero-order valence-corrected chi connectivity index (χ0v) is 12.9. The minimum Gasteiger partial charge on any atom is -0.372 e. The Kier molecular flexibility index (Phi) is 4.34. The molecule has 0 saturated heterocycles. The van der Waals surface area contributed by atoms with E-state index in [1.807, 2.05) is 0 Å².